The summed E-state index contributed by atoms with van der Waals surface area (Å²) in [6, 6.07) is 8.55. The number of hydrogen-bond donors (Lipinski definition) is 0. The Kier molecular flexibility index (Phi) is 3.81. The molecular weight excluding hydrogens is 319 g/mol. The lowest BCUT2D eigenvalue weighted by molar-refractivity contribution is -0.141. The summed E-state index contributed by atoms with van der Waals surface area (Å²) in [6.45, 7) is 0. The lowest BCUT2D eigenvalue weighted by Crippen LogP contribution is -2.08. The van der Waals surface area contributed by atoms with Crippen LogP contribution in [-0.2, 0) is 11.9 Å². The average molecular weight is 327 g/mol. The third-order valence-electron chi connectivity index (χ3n) is 2.59. The predicted octanol–water partition coefficient (Wildman–Crippen LogP) is 4.40. The van der Waals surface area contributed by atoms with Crippen molar-refractivity contribution >= 4 is 33.3 Å². The first-order valence-corrected chi connectivity index (χ1v) is 7.70. The van der Waals surface area contributed by atoms with E-state index >= 15 is 0 Å². The van der Waals surface area contributed by atoms with Crippen molar-refractivity contribution in [1.29, 1.82) is 0 Å². The summed E-state index contributed by atoms with van der Waals surface area (Å²) in [4.78, 5) is 11.8. The largest absolute Gasteiger partial charge is 0.433 e. The third kappa shape index (κ3) is 3.33. The van der Waals surface area contributed by atoms with Crippen LogP contribution in [0.25, 0.3) is 10.2 Å². The smallest absolute Gasteiger partial charge is 0.240 e. The van der Waals surface area contributed by atoms with Gasteiger partial charge >= 0.3 is 6.18 Å². The van der Waals surface area contributed by atoms with Crippen LogP contribution >= 0.6 is 23.1 Å². The van der Waals surface area contributed by atoms with Gasteiger partial charge in [-0.1, -0.05) is 23.9 Å². The van der Waals surface area contributed by atoms with E-state index in [1.807, 2.05) is 24.3 Å². The summed E-state index contributed by atoms with van der Waals surface area (Å²) in [5, 5.41) is 0.936. The highest BCUT2D eigenvalue weighted by Crippen LogP contribution is 2.30. The number of thiazole rings is 1. The molecule has 0 spiro atoms. The van der Waals surface area contributed by atoms with Gasteiger partial charge in [-0.3, -0.25) is 0 Å². The number of para-hydroxylation sites is 1. The van der Waals surface area contributed by atoms with Crippen LogP contribution in [0.15, 0.2) is 41.7 Å². The third-order valence-corrected chi connectivity index (χ3v) is 4.68. The summed E-state index contributed by atoms with van der Waals surface area (Å²) in [5.41, 5.74) is -0.0349. The molecule has 21 heavy (non-hydrogen) atoms. The van der Waals surface area contributed by atoms with Crippen LogP contribution in [-0.4, -0.2) is 15.0 Å². The molecule has 0 N–H and O–H groups in total. The summed E-state index contributed by atoms with van der Waals surface area (Å²) in [6.07, 6.45) is -3.33. The molecule has 0 aliphatic rings. The van der Waals surface area contributed by atoms with Crippen LogP contribution in [0, 0.1) is 0 Å². The first kappa shape index (κ1) is 14.3. The highest BCUT2D eigenvalue weighted by molar-refractivity contribution is 7.98. The second-order valence-corrected chi connectivity index (χ2v) is 6.14. The number of hydrogen-bond acceptors (Lipinski definition) is 5. The predicted molar refractivity (Wildman–Crippen MR) is 76.2 cm³/mol. The molecule has 0 radical (unpaired) electrons. The lowest BCUT2D eigenvalue weighted by Gasteiger charge is -2.05. The molecule has 108 valence electrons. The zero-order valence-corrected chi connectivity index (χ0v) is 12.1. The van der Waals surface area contributed by atoms with E-state index in [4.69, 9.17) is 0 Å². The Balaban J connectivity index is 1.75. The fraction of sp³-hybridized carbons (Fsp3) is 0.154. The van der Waals surface area contributed by atoms with Crippen molar-refractivity contribution < 1.29 is 13.2 Å². The van der Waals surface area contributed by atoms with Crippen LogP contribution in [0.2, 0.25) is 0 Å². The van der Waals surface area contributed by atoms with Crippen molar-refractivity contribution in [2.75, 3.05) is 0 Å². The zero-order valence-electron chi connectivity index (χ0n) is 10.5. The standard InChI is InChI=1S/C13H8F3N3S2/c14-13(15,16)10-5-6-17-12(19-10)20-7-11-18-8-3-1-2-4-9(8)21-11/h1-6H,7H2. The molecule has 3 aromatic rings. The molecule has 8 heteroatoms. The first-order chi connectivity index (χ1) is 10.0. The van der Waals surface area contributed by atoms with Gasteiger partial charge in [0.1, 0.15) is 10.7 Å². The minimum atomic E-state index is -4.45. The van der Waals surface area contributed by atoms with E-state index in [1.54, 1.807) is 0 Å². The molecule has 0 amide bonds. The maximum absolute atomic E-state index is 12.6. The fourth-order valence-corrected chi connectivity index (χ4v) is 3.47. The normalized spacial score (nSPS) is 12.0. The van der Waals surface area contributed by atoms with E-state index < -0.39 is 11.9 Å². The van der Waals surface area contributed by atoms with E-state index in [0.29, 0.717) is 5.75 Å². The van der Waals surface area contributed by atoms with Crippen LogP contribution < -0.4 is 0 Å². The summed E-state index contributed by atoms with van der Waals surface area (Å²) in [5.74, 6) is 0.445. The number of halogens is 3. The van der Waals surface area contributed by atoms with Gasteiger partial charge in [-0.25, -0.2) is 15.0 Å². The van der Waals surface area contributed by atoms with E-state index in [1.165, 1.54) is 11.3 Å². The molecule has 3 nitrogen and oxygen atoms in total. The second-order valence-electron chi connectivity index (χ2n) is 4.09. The number of rotatable bonds is 3. The van der Waals surface area contributed by atoms with Crippen molar-refractivity contribution in [2.24, 2.45) is 0 Å². The molecule has 0 aliphatic carbocycles. The van der Waals surface area contributed by atoms with E-state index in [9.17, 15) is 13.2 Å². The molecule has 0 fully saturated rings. The SMILES string of the molecule is FC(F)(F)c1ccnc(SCc2nc3ccccc3s2)n1. The van der Waals surface area contributed by atoms with Crippen molar-refractivity contribution in [3.8, 4) is 0 Å². The fourth-order valence-electron chi connectivity index (χ4n) is 1.68. The molecule has 1 aromatic carbocycles. The van der Waals surface area contributed by atoms with Gasteiger partial charge in [0.05, 0.1) is 16.0 Å². The monoisotopic (exact) mass is 327 g/mol. The molecule has 2 aromatic heterocycles. The summed E-state index contributed by atoms with van der Waals surface area (Å²) < 4.78 is 38.7. The van der Waals surface area contributed by atoms with Crippen molar-refractivity contribution in [3.63, 3.8) is 0 Å². The van der Waals surface area contributed by atoms with Crippen LogP contribution in [0.5, 0.6) is 0 Å². The van der Waals surface area contributed by atoms with Crippen molar-refractivity contribution in [2.45, 2.75) is 17.1 Å². The topological polar surface area (TPSA) is 38.7 Å². The number of alkyl halides is 3. The van der Waals surface area contributed by atoms with E-state index in [-0.39, 0.29) is 5.16 Å². The second kappa shape index (κ2) is 5.61. The van der Waals surface area contributed by atoms with Crippen LogP contribution in [0.3, 0.4) is 0 Å². The molecular formula is C13H8F3N3S2. The molecule has 0 aliphatic heterocycles. The highest BCUT2D eigenvalue weighted by Gasteiger charge is 2.32. The van der Waals surface area contributed by atoms with Crippen molar-refractivity contribution in [3.05, 3.63) is 47.2 Å². The Morgan fingerprint density at radius 2 is 1.90 bits per heavy atom. The van der Waals surface area contributed by atoms with Crippen LogP contribution in [0.1, 0.15) is 10.7 Å². The van der Waals surface area contributed by atoms with Gasteiger partial charge < -0.3 is 0 Å². The van der Waals surface area contributed by atoms with E-state index in [0.717, 1.165) is 39.2 Å². The molecule has 0 atom stereocenters. The Morgan fingerprint density at radius 3 is 2.67 bits per heavy atom. The Morgan fingerprint density at radius 1 is 1.10 bits per heavy atom. The Hall–Kier alpha value is -1.67. The minimum Gasteiger partial charge on any atom is -0.240 e. The molecule has 0 unspecified atom stereocenters. The van der Waals surface area contributed by atoms with Gasteiger partial charge in [-0.2, -0.15) is 13.2 Å². The van der Waals surface area contributed by atoms with Gasteiger partial charge in [0.25, 0.3) is 0 Å². The zero-order chi connectivity index (χ0) is 14.9. The average Bonchev–Trinajstić information content (AvgIpc) is 2.87. The minimum absolute atomic E-state index is 0.101. The molecule has 0 saturated carbocycles. The highest BCUT2D eigenvalue weighted by atomic mass is 32.2. The lowest BCUT2D eigenvalue weighted by atomic mass is 10.3. The maximum atomic E-state index is 12.6. The van der Waals surface area contributed by atoms with Gasteiger partial charge in [0.15, 0.2) is 5.16 Å². The molecule has 3 rings (SSSR count). The molecule has 0 saturated heterocycles. The van der Waals surface area contributed by atoms with Gasteiger partial charge in [-0.15, -0.1) is 11.3 Å². The number of aromatic nitrogens is 3. The van der Waals surface area contributed by atoms with Crippen molar-refractivity contribution in [1.82, 2.24) is 15.0 Å². The first-order valence-electron chi connectivity index (χ1n) is 5.90. The number of thioether (sulfide) groups is 1. The Labute approximate surface area is 126 Å². The Bertz CT molecular complexity index is 737. The van der Waals surface area contributed by atoms with Gasteiger partial charge in [0, 0.05) is 6.20 Å². The number of nitrogens with zero attached hydrogens (tertiary/aromatic N) is 3. The van der Waals surface area contributed by atoms with Crippen LogP contribution in [0.4, 0.5) is 13.2 Å². The molecule has 0 bridgehead atoms. The number of benzene rings is 1. The number of fused-ring (bicyclic) bond motifs is 1. The summed E-state index contributed by atoms with van der Waals surface area (Å²) in [7, 11) is 0. The summed E-state index contributed by atoms with van der Waals surface area (Å²) >= 11 is 2.66. The van der Waals surface area contributed by atoms with Gasteiger partial charge in [0.2, 0.25) is 0 Å². The maximum Gasteiger partial charge on any atom is 0.433 e. The van der Waals surface area contributed by atoms with E-state index in [2.05, 4.69) is 15.0 Å². The quantitative estimate of drug-likeness (QED) is 0.528. The van der Waals surface area contributed by atoms with Gasteiger partial charge in [-0.05, 0) is 18.2 Å². The molecule has 2 heterocycles.